The summed E-state index contributed by atoms with van der Waals surface area (Å²) in [5.41, 5.74) is 1.07. The standard InChI is InChI=1S/C21H25ClN4O2S/c22-15-11-9-14(10-12-15)19(20(27)23-16-5-1-2-6-16)26(17-7-3-4-8-17)21(28)18-13-29-25-24-18/h9-13,16-17,19H,1-8H2,(H,23,27)/t19-/m1/s1. The summed E-state index contributed by atoms with van der Waals surface area (Å²) in [4.78, 5) is 28.7. The minimum Gasteiger partial charge on any atom is -0.351 e. The zero-order valence-corrected chi connectivity index (χ0v) is 17.8. The van der Waals surface area contributed by atoms with E-state index in [0.29, 0.717) is 10.7 Å². The summed E-state index contributed by atoms with van der Waals surface area (Å²) < 4.78 is 3.85. The highest BCUT2D eigenvalue weighted by Crippen LogP contribution is 2.34. The van der Waals surface area contributed by atoms with Crippen LogP contribution < -0.4 is 5.32 Å². The average molecular weight is 433 g/mol. The van der Waals surface area contributed by atoms with E-state index in [-0.39, 0.29) is 23.9 Å². The Kier molecular flexibility index (Phi) is 6.45. The fourth-order valence-electron chi connectivity index (χ4n) is 4.50. The van der Waals surface area contributed by atoms with Crippen LogP contribution in [0.25, 0.3) is 0 Å². The molecule has 0 bridgehead atoms. The summed E-state index contributed by atoms with van der Waals surface area (Å²) in [6.45, 7) is 0. The maximum Gasteiger partial charge on any atom is 0.276 e. The minimum atomic E-state index is -0.704. The monoisotopic (exact) mass is 432 g/mol. The lowest BCUT2D eigenvalue weighted by atomic mass is 10.00. The van der Waals surface area contributed by atoms with Crippen LogP contribution in [0.5, 0.6) is 0 Å². The Bertz CT molecular complexity index is 831. The quantitative estimate of drug-likeness (QED) is 0.735. The van der Waals surface area contributed by atoms with Crippen LogP contribution >= 0.6 is 23.1 Å². The van der Waals surface area contributed by atoms with Gasteiger partial charge in [0.2, 0.25) is 5.91 Å². The first-order valence-electron chi connectivity index (χ1n) is 10.3. The highest BCUT2D eigenvalue weighted by Gasteiger charge is 2.39. The van der Waals surface area contributed by atoms with Gasteiger partial charge in [0.05, 0.1) is 0 Å². The SMILES string of the molecule is O=C(NC1CCCC1)[C@@H](c1ccc(Cl)cc1)N(C(=O)c1csnn1)C1CCCC1. The number of amides is 2. The topological polar surface area (TPSA) is 75.2 Å². The lowest BCUT2D eigenvalue weighted by Crippen LogP contribution is -2.49. The van der Waals surface area contributed by atoms with Crippen LogP contribution in [0.4, 0.5) is 0 Å². The predicted molar refractivity (Wildman–Crippen MR) is 113 cm³/mol. The third-order valence-corrected chi connectivity index (χ3v) is 6.70. The Balaban J connectivity index is 1.71. The molecule has 6 nitrogen and oxygen atoms in total. The van der Waals surface area contributed by atoms with E-state index in [1.807, 2.05) is 12.1 Å². The fraction of sp³-hybridized carbons (Fsp3) is 0.524. The van der Waals surface area contributed by atoms with Gasteiger partial charge in [0, 0.05) is 22.5 Å². The highest BCUT2D eigenvalue weighted by molar-refractivity contribution is 7.03. The van der Waals surface area contributed by atoms with Crippen LogP contribution in [0.1, 0.15) is 73.5 Å². The van der Waals surface area contributed by atoms with E-state index in [9.17, 15) is 9.59 Å². The summed E-state index contributed by atoms with van der Waals surface area (Å²) in [6, 6.07) is 6.72. The van der Waals surface area contributed by atoms with Crippen molar-refractivity contribution >= 4 is 34.9 Å². The number of carbonyl (C=O) groups is 2. The molecule has 0 radical (unpaired) electrons. The summed E-state index contributed by atoms with van der Waals surface area (Å²) in [6.07, 6.45) is 8.15. The Hall–Kier alpha value is -1.99. The number of hydrogen-bond acceptors (Lipinski definition) is 5. The molecule has 0 spiro atoms. The number of nitrogens with zero attached hydrogens (tertiary/aromatic N) is 3. The number of benzene rings is 1. The first-order valence-corrected chi connectivity index (χ1v) is 11.5. The van der Waals surface area contributed by atoms with Crippen LogP contribution in [0.15, 0.2) is 29.6 Å². The Labute approximate surface area is 179 Å². The molecule has 0 saturated heterocycles. The molecule has 2 aromatic rings. The number of halogens is 1. The zero-order chi connectivity index (χ0) is 20.2. The molecule has 1 N–H and O–H groups in total. The van der Waals surface area contributed by atoms with Gasteiger partial charge in [-0.05, 0) is 54.9 Å². The fourth-order valence-corrected chi connectivity index (χ4v) is 5.06. The molecule has 2 aliphatic rings. The van der Waals surface area contributed by atoms with Gasteiger partial charge in [0.25, 0.3) is 5.91 Å². The molecule has 4 rings (SSSR count). The maximum atomic E-state index is 13.5. The van der Waals surface area contributed by atoms with Gasteiger partial charge in [-0.2, -0.15) is 0 Å². The Morgan fingerprint density at radius 2 is 1.72 bits per heavy atom. The molecular weight excluding hydrogens is 408 g/mol. The van der Waals surface area contributed by atoms with Crippen molar-refractivity contribution in [1.82, 2.24) is 19.8 Å². The molecule has 0 unspecified atom stereocenters. The van der Waals surface area contributed by atoms with E-state index in [2.05, 4.69) is 14.9 Å². The molecule has 0 aliphatic heterocycles. The Morgan fingerprint density at radius 3 is 2.34 bits per heavy atom. The van der Waals surface area contributed by atoms with Gasteiger partial charge < -0.3 is 10.2 Å². The number of nitrogens with one attached hydrogen (secondary N) is 1. The van der Waals surface area contributed by atoms with Gasteiger partial charge in [0.15, 0.2) is 5.69 Å². The third kappa shape index (κ3) is 4.61. The number of rotatable bonds is 6. The largest absolute Gasteiger partial charge is 0.351 e. The molecule has 2 aliphatic carbocycles. The molecule has 1 atom stereocenters. The van der Waals surface area contributed by atoms with E-state index in [1.165, 1.54) is 0 Å². The predicted octanol–water partition coefficient (Wildman–Crippen LogP) is 4.38. The van der Waals surface area contributed by atoms with Crippen molar-refractivity contribution in [2.75, 3.05) is 0 Å². The number of aromatic nitrogens is 2. The van der Waals surface area contributed by atoms with Gasteiger partial charge in [-0.1, -0.05) is 53.9 Å². The van der Waals surface area contributed by atoms with Crippen LogP contribution in [-0.2, 0) is 4.79 Å². The molecule has 2 saturated carbocycles. The molecule has 1 heterocycles. The van der Waals surface area contributed by atoms with E-state index >= 15 is 0 Å². The lowest BCUT2D eigenvalue weighted by Gasteiger charge is -2.36. The molecule has 2 amide bonds. The van der Waals surface area contributed by atoms with Crippen molar-refractivity contribution in [1.29, 1.82) is 0 Å². The summed E-state index contributed by atoms with van der Waals surface area (Å²) in [5, 5.41) is 9.44. The smallest absolute Gasteiger partial charge is 0.276 e. The lowest BCUT2D eigenvalue weighted by molar-refractivity contribution is -0.127. The minimum absolute atomic E-state index is 0.0132. The number of hydrogen-bond donors (Lipinski definition) is 1. The van der Waals surface area contributed by atoms with Crippen molar-refractivity contribution in [2.24, 2.45) is 0 Å². The van der Waals surface area contributed by atoms with Gasteiger partial charge in [-0.15, -0.1) is 5.10 Å². The third-order valence-electron chi connectivity index (χ3n) is 5.95. The van der Waals surface area contributed by atoms with E-state index < -0.39 is 6.04 Å². The summed E-state index contributed by atoms with van der Waals surface area (Å²) >= 11 is 7.23. The Morgan fingerprint density at radius 1 is 1.07 bits per heavy atom. The van der Waals surface area contributed by atoms with E-state index in [0.717, 1.165) is 68.5 Å². The highest BCUT2D eigenvalue weighted by atomic mass is 35.5. The second kappa shape index (κ2) is 9.22. The molecule has 154 valence electrons. The molecule has 8 heteroatoms. The van der Waals surface area contributed by atoms with Crippen LogP contribution in [0.2, 0.25) is 5.02 Å². The number of carbonyl (C=O) groups excluding carboxylic acids is 2. The average Bonchev–Trinajstić information content (AvgIpc) is 3.49. The van der Waals surface area contributed by atoms with Crippen molar-refractivity contribution in [2.45, 2.75) is 69.5 Å². The van der Waals surface area contributed by atoms with E-state index in [1.54, 1.807) is 22.4 Å². The molecule has 29 heavy (non-hydrogen) atoms. The van der Waals surface area contributed by atoms with Gasteiger partial charge in [-0.3, -0.25) is 9.59 Å². The second-order valence-electron chi connectivity index (χ2n) is 7.88. The van der Waals surface area contributed by atoms with Crippen LogP contribution in [0.3, 0.4) is 0 Å². The van der Waals surface area contributed by atoms with Gasteiger partial charge >= 0.3 is 0 Å². The zero-order valence-electron chi connectivity index (χ0n) is 16.2. The summed E-state index contributed by atoms with van der Waals surface area (Å²) in [7, 11) is 0. The van der Waals surface area contributed by atoms with E-state index in [4.69, 9.17) is 11.6 Å². The van der Waals surface area contributed by atoms with Crippen LogP contribution in [0, 0.1) is 0 Å². The van der Waals surface area contributed by atoms with Crippen molar-refractivity contribution in [3.05, 3.63) is 45.9 Å². The molecule has 2 fully saturated rings. The molecule has 1 aromatic heterocycles. The molecule has 1 aromatic carbocycles. The first-order chi connectivity index (χ1) is 14.1. The second-order valence-corrected chi connectivity index (χ2v) is 8.93. The van der Waals surface area contributed by atoms with Gasteiger partial charge in [0.1, 0.15) is 6.04 Å². The van der Waals surface area contributed by atoms with Crippen molar-refractivity contribution in [3.8, 4) is 0 Å². The first kappa shape index (κ1) is 20.3. The normalized spacial score (nSPS) is 18.7. The van der Waals surface area contributed by atoms with Crippen molar-refractivity contribution in [3.63, 3.8) is 0 Å². The van der Waals surface area contributed by atoms with Crippen LogP contribution in [-0.4, -0.2) is 38.4 Å². The van der Waals surface area contributed by atoms with Crippen molar-refractivity contribution < 1.29 is 9.59 Å². The van der Waals surface area contributed by atoms with Gasteiger partial charge in [-0.25, -0.2) is 0 Å². The summed E-state index contributed by atoms with van der Waals surface area (Å²) in [5.74, 6) is -0.352. The molecular formula is C21H25ClN4O2S. The maximum absolute atomic E-state index is 13.5.